The van der Waals surface area contributed by atoms with Gasteiger partial charge in [-0.1, -0.05) is 18.2 Å². The molecule has 1 saturated heterocycles. The van der Waals surface area contributed by atoms with Crippen LogP contribution in [0, 0.1) is 13.8 Å². The average Bonchev–Trinajstić information content (AvgIpc) is 3.19. The van der Waals surface area contributed by atoms with Gasteiger partial charge in [-0.2, -0.15) is 0 Å². The molecule has 1 fully saturated rings. The number of thioether (sulfide) groups is 1. The van der Waals surface area contributed by atoms with Crippen LogP contribution < -0.4 is 20.1 Å². The third-order valence-electron chi connectivity index (χ3n) is 5.96. The Morgan fingerprint density at radius 1 is 0.825 bits per heavy atom. The Morgan fingerprint density at radius 3 is 2.12 bits per heavy atom. The number of nitrogens with zero attached hydrogens (tertiary/aromatic N) is 1. The smallest absolute Gasteiger partial charge is 0.294 e. The fraction of sp³-hybridized carbons (Fsp3) is 0.200. The lowest BCUT2D eigenvalue weighted by Crippen LogP contribution is -2.36. The lowest BCUT2D eigenvalue weighted by Gasteiger charge is -2.12. The third-order valence-corrected chi connectivity index (χ3v) is 6.87. The Kier molecular flexibility index (Phi) is 9.23. The summed E-state index contributed by atoms with van der Waals surface area (Å²) in [6, 6.07) is 19.3. The largest absolute Gasteiger partial charge is 0.494 e. The molecule has 0 bridgehead atoms. The number of rotatable bonds is 10. The first-order chi connectivity index (χ1) is 19.2. The molecule has 2 N–H and O–H groups in total. The number of benzene rings is 3. The molecule has 0 aliphatic carbocycles. The Hall–Kier alpha value is -4.57. The molecule has 0 saturated carbocycles. The maximum atomic E-state index is 12.8. The lowest BCUT2D eigenvalue weighted by atomic mass is 10.1. The van der Waals surface area contributed by atoms with Gasteiger partial charge >= 0.3 is 0 Å². The summed E-state index contributed by atoms with van der Waals surface area (Å²) in [7, 11) is 0. The zero-order chi connectivity index (χ0) is 28.6. The van der Waals surface area contributed by atoms with E-state index in [0.717, 1.165) is 27.8 Å². The summed E-state index contributed by atoms with van der Waals surface area (Å²) in [4.78, 5) is 51.0. The molecular formula is C30H29N3O6S. The van der Waals surface area contributed by atoms with E-state index in [4.69, 9.17) is 9.47 Å². The van der Waals surface area contributed by atoms with Crippen molar-refractivity contribution in [2.24, 2.45) is 0 Å². The van der Waals surface area contributed by atoms with Gasteiger partial charge in [-0.3, -0.25) is 24.1 Å². The van der Waals surface area contributed by atoms with Crippen molar-refractivity contribution < 1.29 is 28.7 Å². The van der Waals surface area contributed by atoms with Gasteiger partial charge in [0.2, 0.25) is 5.91 Å². The highest BCUT2D eigenvalue weighted by molar-refractivity contribution is 8.18. The Balaban J connectivity index is 1.29. The van der Waals surface area contributed by atoms with E-state index in [1.54, 1.807) is 54.6 Å². The van der Waals surface area contributed by atoms with Gasteiger partial charge in [-0.05, 0) is 104 Å². The second kappa shape index (κ2) is 13.0. The Bertz CT molecular complexity index is 1450. The molecule has 1 heterocycles. The second-order valence-corrected chi connectivity index (χ2v) is 9.97. The van der Waals surface area contributed by atoms with E-state index in [1.165, 1.54) is 0 Å². The van der Waals surface area contributed by atoms with Crippen molar-refractivity contribution in [1.82, 2.24) is 4.90 Å². The number of anilines is 2. The SMILES string of the molecule is CCOc1ccc(NC(=O)CN2C(=O)S/C(=C\c3ccc(OCC(=O)Nc4ccc(C)c(C)c4)cc3)C2=O)cc1. The molecule has 0 unspecified atom stereocenters. The predicted molar refractivity (Wildman–Crippen MR) is 155 cm³/mol. The summed E-state index contributed by atoms with van der Waals surface area (Å²) in [5.41, 5.74) is 4.12. The maximum Gasteiger partial charge on any atom is 0.294 e. The van der Waals surface area contributed by atoms with Crippen LogP contribution in [0.5, 0.6) is 11.5 Å². The number of nitrogens with one attached hydrogen (secondary N) is 2. The molecule has 1 aliphatic heterocycles. The number of imide groups is 1. The van der Waals surface area contributed by atoms with Crippen LogP contribution in [0.1, 0.15) is 23.6 Å². The number of carbonyl (C=O) groups excluding carboxylic acids is 4. The Labute approximate surface area is 236 Å². The molecule has 3 aromatic carbocycles. The number of amides is 4. The standard InChI is InChI=1S/C30H29N3O6S/c1-4-38-24-13-9-22(10-14-24)31-27(34)17-33-29(36)26(40-30(33)37)16-21-6-11-25(12-7-21)39-18-28(35)32-23-8-5-19(2)20(3)15-23/h5-16H,4,17-18H2,1-3H3,(H,31,34)(H,32,35)/b26-16-. The monoisotopic (exact) mass is 559 g/mol. The van der Waals surface area contributed by atoms with Crippen molar-refractivity contribution in [3.63, 3.8) is 0 Å². The second-order valence-electron chi connectivity index (χ2n) is 8.98. The third kappa shape index (κ3) is 7.51. The van der Waals surface area contributed by atoms with E-state index in [9.17, 15) is 19.2 Å². The maximum absolute atomic E-state index is 12.8. The van der Waals surface area contributed by atoms with Gasteiger partial charge < -0.3 is 20.1 Å². The number of aryl methyl sites for hydroxylation is 2. The summed E-state index contributed by atoms with van der Waals surface area (Å²) < 4.78 is 10.9. The van der Waals surface area contributed by atoms with E-state index in [1.807, 2.05) is 39.0 Å². The van der Waals surface area contributed by atoms with Crippen molar-refractivity contribution in [1.29, 1.82) is 0 Å². The van der Waals surface area contributed by atoms with Crippen molar-refractivity contribution in [3.8, 4) is 11.5 Å². The first-order valence-electron chi connectivity index (χ1n) is 12.6. The quantitative estimate of drug-likeness (QED) is 0.320. The van der Waals surface area contributed by atoms with E-state index in [0.29, 0.717) is 35.0 Å². The lowest BCUT2D eigenvalue weighted by molar-refractivity contribution is -0.127. The number of carbonyl (C=O) groups is 4. The first kappa shape index (κ1) is 28.4. The van der Waals surface area contributed by atoms with Crippen molar-refractivity contribution in [2.75, 3.05) is 30.4 Å². The summed E-state index contributed by atoms with van der Waals surface area (Å²) in [6.45, 7) is 5.83. The minimum Gasteiger partial charge on any atom is -0.494 e. The molecular weight excluding hydrogens is 530 g/mol. The molecule has 206 valence electrons. The van der Waals surface area contributed by atoms with E-state index in [2.05, 4.69) is 10.6 Å². The van der Waals surface area contributed by atoms with Crippen LogP contribution in [-0.2, 0) is 14.4 Å². The minimum absolute atomic E-state index is 0.163. The van der Waals surface area contributed by atoms with Crippen LogP contribution in [0.25, 0.3) is 6.08 Å². The fourth-order valence-corrected chi connectivity index (χ4v) is 4.60. The van der Waals surface area contributed by atoms with Gasteiger partial charge in [-0.15, -0.1) is 0 Å². The number of hydrogen-bond donors (Lipinski definition) is 2. The predicted octanol–water partition coefficient (Wildman–Crippen LogP) is 5.39. The summed E-state index contributed by atoms with van der Waals surface area (Å²) in [6.07, 6.45) is 1.57. The first-order valence-corrected chi connectivity index (χ1v) is 13.4. The molecule has 0 spiro atoms. The normalized spacial score (nSPS) is 13.9. The van der Waals surface area contributed by atoms with Gasteiger partial charge in [0.1, 0.15) is 18.0 Å². The highest BCUT2D eigenvalue weighted by Crippen LogP contribution is 2.32. The average molecular weight is 560 g/mol. The summed E-state index contributed by atoms with van der Waals surface area (Å²) >= 11 is 0.771. The van der Waals surface area contributed by atoms with Crippen LogP contribution in [0.3, 0.4) is 0 Å². The van der Waals surface area contributed by atoms with Crippen molar-refractivity contribution >= 4 is 52.2 Å². The molecule has 0 radical (unpaired) electrons. The van der Waals surface area contributed by atoms with Crippen molar-refractivity contribution in [2.45, 2.75) is 20.8 Å². The highest BCUT2D eigenvalue weighted by Gasteiger charge is 2.36. The summed E-state index contributed by atoms with van der Waals surface area (Å²) in [5.74, 6) is -0.162. The molecule has 3 aromatic rings. The van der Waals surface area contributed by atoms with Crippen LogP contribution in [0.15, 0.2) is 71.6 Å². The molecule has 40 heavy (non-hydrogen) atoms. The van der Waals surface area contributed by atoms with Crippen LogP contribution >= 0.6 is 11.8 Å². The minimum atomic E-state index is -0.541. The molecule has 0 atom stereocenters. The fourth-order valence-electron chi connectivity index (χ4n) is 3.76. The zero-order valence-electron chi connectivity index (χ0n) is 22.4. The van der Waals surface area contributed by atoms with Gasteiger partial charge in [0.25, 0.3) is 17.1 Å². The van der Waals surface area contributed by atoms with Gasteiger partial charge in [0.05, 0.1) is 11.5 Å². The summed E-state index contributed by atoms with van der Waals surface area (Å²) in [5, 5.41) is 4.96. The van der Waals surface area contributed by atoms with Crippen LogP contribution in [0.2, 0.25) is 0 Å². The number of ether oxygens (including phenoxy) is 2. The molecule has 0 aromatic heterocycles. The Morgan fingerprint density at radius 2 is 1.45 bits per heavy atom. The van der Waals surface area contributed by atoms with Crippen molar-refractivity contribution in [3.05, 3.63) is 88.3 Å². The molecule has 9 nitrogen and oxygen atoms in total. The van der Waals surface area contributed by atoms with Crippen LogP contribution in [0.4, 0.5) is 16.2 Å². The highest BCUT2D eigenvalue weighted by atomic mass is 32.2. The van der Waals surface area contributed by atoms with Gasteiger partial charge in [0, 0.05) is 11.4 Å². The number of hydrogen-bond acceptors (Lipinski definition) is 7. The van der Waals surface area contributed by atoms with E-state index in [-0.39, 0.29) is 17.4 Å². The topological polar surface area (TPSA) is 114 Å². The molecule has 1 aliphatic rings. The molecule has 4 rings (SSSR count). The van der Waals surface area contributed by atoms with E-state index < -0.39 is 23.6 Å². The van der Waals surface area contributed by atoms with Crippen LogP contribution in [-0.4, -0.2) is 47.6 Å². The van der Waals surface area contributed by atoms with Gasteiger partial charge in [-0.25, -0.2) is 0 Å². The zero-order valence-corrected chi connectivity index (χ0v) is 23.2. The van der Waals surface area contributed by atoms with E-state index >= 15 is 0 Å². The van der Waals surface area contributed by atoms with Gasteiger partial charge in [0.15, 0.2) is 6.61 Å². The molecule has 4 amide bonds. The molecule has 10 heteroatoms.